The third-order valence-corrected chi connectivity index (χ3v) is 4.78. The highest BCUT2D eigenvalue weighted by atomic mass is 16.7. The van der Waals surface area contributed by atoms with E-state index in [2.05, 4.69) is 12.2 Å². The fourth-order valence-corrected chi connectivity index (χ4v) is 3.38. The number of amides is 1. The van der Waals surface area contributed by atoms with Crippen molar-refractivity contribution in [3.8, 4) is 11.5 Å². The summed E-state index contributed by atoms with van der Waals surface area (Å²) in [5, 5.41) is 2.93. The van der Waals surface area contributed by atoms with E-state index >= 15 is 0 Å². The summed E-state index contributed by atoms with van der Waals surface area (Å²) in [4.78, 5) is 12.4. The molecule has 1 amide bonds. The normalized spacial score (nSPS) is 17.2. The Morgan fingerprint density at radius 2 is 1.75 bits per heavy atom. The Morgan fingerprint density at radius 3 is 2.46 bits per heavy atom. The summed E-state index contributed by atoms with van der Waals surface area (Å²) in [7, 11) is 0. The van der Waals surface area contributed by atoms with Gasteiger partial charge in [-0.1, -0.05) is 19.1 Å². The zero-order valence-electron chi connectivity index (χ0n) is 13.8. The van der Waals surface area contributed by atoms with Crippen molar-refractivity contribution in [1.82, 2.24) is 0 Å². The van der Waals surface area contributed by atoms with Gasteiger partial charge in [0, 0.05) is 30.2 Å². The summed E-state index contributed by atoms with van der Waals surface area (Å²) in [6.07, 6.45) is 5.07. The van der Waals surface area contributed by atoms with Gasteiger partial charge in [0.05, 0.1) is 0 Å². The molecule has 0 atom stereocenters. The van der Waals surface area contributed by atoms with Gasteiger partial charge in [-0.2, -0.15) is 0 Å². The van der Waals surface area contributed by atoms with Gasteiger partial charge < -0.3 is 14.8 Å². The molecule has 0 unspecified atom stereocenters. The Hall–Kier alpha value is -2.49. The van der Waals surface area contributed by atoms with E-state index in [0.717, 1.165) is 49.3 Å². The molecule has 0 bridgehead atoms. The van der Waals surface area contributed by atoms with Crippen LogP contribution < -0.4 is 14.8 Å². The number of ether oxygens (including phenoxy) is 2. The summed E-state index contributed by atoms with van der Waals surface area (Å²) in [6, 6.07) is 13.3. The third-order valence-electron chi connectivity index (χ3n) is 4.78. The number of aryl methyl sites for hydroxylation is 1. The maximum Gasteiger partial charge on any atom is 0.255 e. The SMILES string of the molecule is CCc1ccc(C(=O)Nc2ccc3c(c2)OC2(CCCC2)O3)cc1. The molecule has 4 heteroatoms. The Labute approximate surface area is 141 Å². The molecule has 4 rings (SSSR count). The van der Waals surface area contributed by atoms with Crippen LogP contribution in [-0.2, 0) is 6.42 Å². The minimum atomic E-state index is -0.471. The third kappa shape index (κ3) is 2.73. The molecular weight excluding hydrogens is 302 g/mol. The van der Waals surface area contributed by atoms with Crippen LogP contribution >= 0.6 is 0 Å². The van der Waals surface area contributed by atoms with Gasteiger partial charge in [0.1, 0.15) is 0 Å². The zero-order chi connectivity index (χ0) is 16.6. The molecule has 2 aromatic carbocycles. The van der Waals surface area contributed by atoms with E-state index in [-0.39, 0.29) is 5.91 Å². The summed E-state index contributed by atoms with van der Waals surface area (Å²) in [5.41, 5.74) is 2.59. The largest absolute Gasteiger partial charge is 0.448 e. The van der Waals surface area contributed by atoms with Crippen LogP contribution in [0.3, 0.4) is 0 Å². The van der Waals surface area contributed by atoms with Gasteiger partial charge in [-0.15, -0.1) is 0 Å². The standard InChI is InChI=1S/C20H21NO3/c1-2-14-5-7-15(8-6-14)19(22)21-16-9-10-17-18(13-16)24-20(23-17)11-3-4-12-20/h5-10,13H,2-4,11-12H2,1H3,(H,21,22). The maximum absolute atomic E-state index is 12.4. The fourth-order valence-electron chi connectivity index (χ4n) is 3.38. The first-order chi connectivity index (χ1) is 11.7. The number of carbonyl (C=O) groups is 1. The van der Waals surface area contributed by atoms with Crippen molar-refractivity contribution in [2.45, 2.75) is 44.8 Å². The number of benzene rings is 2. The van der Waals surface area contributed by atoms with Crippen molar-refractivity contribution < 1.29 is 14.3 Å². The summed E-state index contributed by atoms with van der Waals surface area (Å²) < 4.78 is 12.0. The molecule has 4 nitrogen and oxygen atoms in total. The summed E-state index contributed by atoms with van der Waals surface area (Å²) >= 11 is 0. The topological polar surface area (TPSA) is 47.6 Å². The van der Waals surface area contributed by atoms with Crippen LogP contribution in [0.15, 0.2) is 42.5 Å². The molecule has 1 fully saturated rings. The van der Waals surface area contributed by atoms with Crippen molar-refractivity contribution in [2.75, 3.05) is 5.32 Å². The number of hydrogen-bond acceptors (Lipinski definition) is 3. The second-order valence-electron chi connectivity index (χ2n) is 6.49. The van der Waals surface area contributed by atoms with Crippen LogP contribution in [0.5, 0.6) is 11.5 Å². The molecular formula is C20H21NO3. The highest BCUT2D eigenvalue weighted by Gasteiger charge is 2.44. The molecule has 1 aliphatic carbocycles. The molecule has 1 aliphatic heterocycles. The number of nitrogens with one attached hydrogen (secondary N) is 1. The average Bonchev–Trinajstić information content (AvgIpc) is 3.20. The van der Waals surface area contributed by atoms with Crippen molar-refractivity contribution in [3.05, 3.63) is 53.6 Å². The molecule has 2 aromatic rings. The maximum atomic E-state index is 12.4. The molecule has 0 radical (unpaired) electrons. The van der Waals surface area contributed by atoms with Crippen LogP contribution in [0.4, 0.5) is 5.69 Å². The Morgan fingerprint density at radius 1 is 1.04 bits per heavy atom. The fraction of sp³-hybridized carbons (Fsp3) is 0.350. The van der Waals surface area contributed by atoms with Crippen LogP contribution in [0.1, 0.15) is 48.5 Å². The van der Waals surface area contributed by atoms with E-state index < -0.39 is 5.79 Å². The van der Waals surface area contributed by atoms with E-state index in [9.17, 15) is 4.79 Å². The van der Waals surface area contributed by atoms with Crippen molar-refractivity contribution in [1.29, 1.82) is 0 Å². The van der Waals surface area contributed by atoms with E-state index in [1.165, 1.54) is 5.56 Å². The Balaban J connectivity index is 1.49. The van der Waals surface area contributed by atoms with Gasteiger partial charge in [-0.25, -0.2) is 0 Å². The van der Waals surface area contributed by atoms with Gasteiger partial charge in [-0.05, 0) is 49.1 Å². The molecule has 1 saturated carbocycles. The van der Waals surface area contributed by atoms with E-state index in [4.69, 9.17) is 9.47 Å². The van der Waals surface area contributed by atoms with Crippen molar-refractivity contribution in [2.24, 2.45) is 0 Å². The molecule has 2 aliphatic rings. The number of rotatable bonds is 3. The highest BCUT2D eigenvalue weighted by molar-refractivity contribution is 6.04. The van der Waals surface area contributed by atoms with Gasteiger partial charge in [-0.3, -0.25) is 4.79 Å². The molecule has 1 heterocycles. The van der Waals surface area contributed by atoms with E-state index in [1.54, 1.807) is 0 Å². The van der Waals surface area contributed by atoms with Crippen LogP contribution in [-0.4, -0.2) is 11.7 Å². The highest BCUT2D eigenvalue weighted by Crippen LogP contribution is 2.47. The van der Waals surface area contributed by atoms with Gasteiger partial charge >= 0.3 is 0 Å². The Bertz CT molecular complexity index is 761. The predicted octanol–water partition coefficient (Wildman–Crippen LogP) is 4.54. The number of hydrogen-bond donors (Lipinski definition) is 1. The number of fused-ring (bicyclic) bond motifs is 1. The molecule has 0 saturated heterocycles. The van der Waals surface area contributed by atoms with Crippen LogP contribution in [0.25, 0.3) is 0 Å². The van der Waals surface area contributed by atoms with Gasteiger partial charge in [0.25, 0.3) is 11.7 Å². The van der Waals surface area contributed by atoms with E-state index in [1.807, 2.05) is 42.5 Å². The second kappa shape index (κ2) is 5.86. The first-order valence-electron chi connectivity index (χ1n) is 8.60. The average molecular weight is 323 g/mol. The lowest BCUT2D eigenvalue weighted by molar-refractivity contribution is -0.0716. The summed E-state index contributed by atoms with van der Waals surface area (Å²) in [6.45, 7) is 2.10. The lowest BCUT2D eigenvalue weighted by Crippen LogP contribution is -2.34. The lowest BCUT2D eigenvalue weighted by atomic mass is 10.1. The quantitative estimate of drug-likeness (QED) is 0.902. The van der Waals surface area contributed by atoms with Gasteiger partial charge in [0.15, 0.2) is 11.5 Å². The first kappa shape index (κ1) is 15.1. The van der Waals surface area contributed by atoms with E-state index in [0.29, 0.717) is 5.56 Å². The van der Waals surface area contributed by atoms with Crippen LogP contribution in [0.2, 0.25) is 0 Å². The first-order valence-corrected chi connectivity index (χ1v) is 8.60. The van der Waals surface area contributed by atoms with Crippen LogP contribution in [0, 0.1) is 0 Å². The number of carbonyl (C=O) groups excluding carboxylic acids is 1. The van der Waals surface area contributed by atoms with Gasteiger partial charge in [0.2, 0.25) is 0 Å². The lowest BCUT2D eigenvalue weighted by Gasteiger charge is -2.21. The van der Waals surface area contributed by atoms with Crippen molar-refractivity contribution >= 4 is 11.6 Å². The smallest absolute Gasteiger partial charge is 0.255 e. The number of anilines is 1. The molecule has 124 valence electrons. The molecule has 0 aromatic heterocycles. The summed E-state index contributed by atoms with van der Waals surface area (Å²) in [5.74, 6) is 0.895. The minimum Gasteiger partial charge on any atom is -0.448 e. The molecule has 1 spiro atoms. The molecule has 1 N–H and O–H groups in total. The minimum absolute atomic E-state index is 0.118. The molecule has 24 heavy (non-hydrogen) atoms. The predicted molar refractivity (Wildman–Crippen MR) is 92.7 cm³/mol. The monoisotopic (exact) mass is 323 g/mol. The second-order valence-corrected chi connectivity index (χ2v) is 6.49. The zero-order valence-corrected chi connectivity index (χ0v) is 13.8. The van der Waals surface area contributed by atoms with Crippen molar-refractivity contribution in [3.63, 3.8) is 0 Å². The Kier molecular flexibility index (Phi) is 3.68.